The van der Waals surface area contributed by atoms with Crippen LogP contribution in [0.5, 0.6) is 11.5 Å². The van der Waals surface area contributed by atoms with Crippen molar-refractivity contribution in [2.45, 2.75) is 0 Å². The second-order valence-electron chi connectivity index (χ2n) is 5.40. The fraction of sp³-hybridized carbons (Fsp3) is 0.235. The Balaban J connectivity index is 2.09. The maximum Gasteiger partial charge on any atom is 0.261 e. The summed E-state index contributed by atoms with van der Waals surface area (Å²) in [5.41, 5.74) is 6.41. The lowest BCUT2D eigenvalue weighted by atomic mass is 10.2. The maximum atomic E-state index is 12.3. The van der Waals surface area contributed by atoms with Crippen LogP contribution in [0.1, 0.15) is 0 Å². The van der Waals surface area contributed by atoms with Gasteiger partial charge in [-0.2, -0.15) is 4.98 Å². The molecular weight excluding hydrogens is 336 g/mol. The third kappa shape index (κ3) is 3.67. The monoisotopic (exact) mass is 356 g/mol. The Hall–Kier alpha value is -3.33. The topological polar surface area (TPSA) is 127 Å². The third-order valence-corrected chi connectivity index (χ3v) is 3.66. The minimum atomic E-state index is -0.287. The number of benzene rings is 1. The number of ether oxygens (including phenoxy) is 2. The molecule has 0 bridgehead atoms. The molecule has 0 aliphatic carbocycles. The van der Waals surface area contributed by atoms with Crippen LogP contribution >= 0.6 is 0 Å². The summed E-state index contributed by atoms with van der Waals surface area (Å²) in [5.74, 6) is 1.97. The number of H-pyrrole nitrogens is 1. The summed E-state index contributed by atoms with van der Waals surface area (Å²) in [6, 6.07) is 7.02. The molecular formula is C17H20N6O3. The van der Waals surface area contributed by atoms with E-state index in [1.54, 1.807) is 44.7 Å². The van der Waals surface area contributed by atoms with Gasteiger partial charge in [-0.05, 0) is 6.07 Å². The minimum Gasteiger partial charge on any atom is -0.497 e. The summed E-state index contributed by atoms with van der Waals surface area (Å²) in [4.78, 5) is 23.7. The summed E-state index contributed by atoms with van der Waals surface area (Å²) >= 11 is 0. The van der Waals surface area contributed by atoms with Crippen LogP contribution in [0.25, 0.3) is 10.9 Å². The number of rotatable bonds is 7. The zero-order valence-corrected chi connectivity index (χ0v) is 14.5. The Morgan fingerprint density at radius 3 is 2.54 bits per heavy atom. The summed E-state index contributed by atoms with van der Waals surface area (Å²) < 4.78 is 10.6. The number of nitrogens with one attached hydrogen (secondary N) is 3. The van der Waals surface area contributed by atoms with Crippen LogP contribution in [0.3, 0.4) is 0 Å². The predicted octanol–water partition coefficient (Wildman–Crippen LogP) is 1.45. The van der Waals surface area contributed by atoms with E-state index in [1.165, 1.54) is 0 Å². The molecule has 3 aromatic rings. The highest BCUT2D eigenvalue weighted by atomic mass is 16.5. The predicted molar refractivity (Wildman–Crippen MR) is 101 cm³/mol. The van der Waals surface area contributed by atoms with Crippen LogP contribution < -0.4 is 31.4 Å². The fourth-order valence-electron chi connectivity index (χ4n) is 2.46. The van der Waals surface area contributed by atoms with E-state index in [-0.39, 0.29) is 5.56 Å². The number of nitrogens with two attached hydrogens (primary N) is 1. The van der Waals surface area contributed by atoms with Crippen molar-refractivity contribution in [2.24, 2.45) is 5.73 Å². The van der Waals surface area contributed by atoms with Crippen molar-refractivity contribution < 1.29 is 9.47 Å². The molecule has 3 rings (SSSR count). The largest absolute Gasteiger partial charge is 0.497 e. The lowest BCUT2D eigenvalue weighted by Crippen LogP contribution is -2.16. The van der Waals surface area contributed by atoms with Crippen LogP contribution in [0.2, 0.25) is 0 Å². The second kappa shape index (κ2) is 7.70. The molecule has 0 atom stereocenters. The number of anilines is 3. The number of hydrogen-bond acceptors (Lipinski definition) is 8. The van der Waals surface area contributed by atoms with Gasteiger partial charge in [-0.3, -0.25) is 4.79 Å². The summed E-state index contributed by atoms with van der Waals surface area (Å²) in [6.07, 6.45) is 1.54. The van der Waals surface area contributed by atoms with Gasteiger partial charge in [-0.15, -0.1) is 0 Å². The molecule has 1 aromatic carbocycles. The Kier molecular flexibility index (Phi) is 5.18. The zero-order chi connectivity index (χ0) is 18.5. The Bertz CT molecular complexity index is 950. The SMILES string of the molecule is COc1cc(Nc2nc(NCCN)nc3cc[nH]c(=O)c23)cc(OC)c1. The molecule has 9 nitrogen and oxygen atoms in total. The first-order valence-electron chi connectivity index (χ1n) is 7.98. The number of nitrogens with zero attached hydrogens (tertiary/aromatic N) is 2. The highest BCUT2D eigenvalue weighted by molar-refractivity contribution is 5.91. The average Bonchev–Trinajstić information content (AvgIpc) is 2.65. The quantitative estimate of drug-likeness (QED) is 0.501. The Morgan fingerprint density at radius 1 is 1.15 bits per heavy atom. The zero-order valence-electron chi connectivity index (χ0n) is 14.5. The van der Waals surface area contributed by atoms with E-state index in [4.69, 9.17) is 15.2 Å². The summed E-state index contributed by atoms with van der Waals surface area (Å²) in [7, 11) is 3.14. The molecule has 0 spiro atoms. The number of pyridine rings is 1. The smallest absolute Gasteiger partial charge is 0.261 e. The molecule has 0 amide bonds. The average molecular weight is 356 g/mol. The summed E-state index contributed by atoms with van der Waals surface area (Å²) in [6.45, 7) is 0.952. The highest BCUT2D eigenvalue weighted by Crippen LogP contribution is 2.29. The molecule has 0 aliphatic rings. The second-order valence-corrected chi connectivity index (χ2v) is 5.40. The van der Waals surface area contributed by atoms with E-state index in [2.05, 4.69) is 25.6 Å². The first-order chi connectivity index (χ1) is 12.6. The molecule has 0 radical (unpaired) electrons. The first kappa shape index (κ1) is 17.5. The lowest BCUT2D eigenvalue weighted by molar-refractivity contribution is 0.395. The number of aromatic amines is 1. The number of fused-ring (bicyclic) bond motifs is 1. The van der Waals surface area contributed by atoms with Crippen molar-refractivity contribution in [3.8, 4) is 11.5 Å². The molecule has 2 aromatic heterocycles. The van der Waals surface area contributed by atoms with Gasteiger partial charge in [0.2, 0.25) is 5.95 Å². The summed E-state index contributed by atoms with van der Waals surface area (Å²) in [5, 5.41) is 6.53. The molecule has 5 N–H and O–H groups in total. The van der Waals surface area contributed by atoms with Gasteiger partial charge in [0.25, 0.3) is 5.56 Å². The van der Waals surface area contributed by atoms with Crippen LogP contribution in [0.15, 0.2) is 35.3 Å². The van der Waals surface area contributed by atoms with Crippen molar-refractivity contribution in [3.05, 3.63) is 40.8 Å². The van der Waals surface area contributed by atoms with Crippen molar-refractivity contribution in [3.63, 3.8) is 0 Å². The van der Waals surface area contributed by atoms with Crippen LogP contribution in [-0.4, -0.2) is 42.3 Å². The molecule has 0 aliphatic heterocycles. The van der Waals surface area contributed by atoms with Gasteiger partial charge in [0.15, 0.2) is 0 Å². The van der Waals surface area contributed by atoms with E-state index in [0.29, 0.717) is 52.9 Å². The van der Waals surface area contributed by atoms with E-state index in [0.717, 1.165) is 0 Å². The molecule has 2 heterocycles. The first-order valence-corrected chi connectivity index (χ1v) is 7.98. The molecule has 0 saturated heterocycles. The van der Waals surface area contributed by atoms with E-state index >= 15 is 0 Å². The minimum absolute atomic E-state index is 0.287. The van der Waals surface area contributed by atoms with Crippen molar-refractivity contribution in [2.75, 3.05) is 37.9 Å². The normalized spacial score (nSPS) is 10.6. The number of aromatic nitrogens is 3. The van der Waals surface area contributed by atoms with Gasteiger partial charge in [0.1, 0.15) is 22.7 Å². The maximum absolute atomic E-state index is 12.3. The van der Waals surface area contributed by atoms with E-state index < -0.39 is 0 Å². The fourth-order valence-corrected chi connectivity index (χ4v) is 2.46. The highest BCUT2D eigenvalue weighted by Gasteiger charge is 2.12. The molecule has 0 fully saturated rings. The molecule has 9 heteroatoms. The number of hydrogen-bond donors (Lipinski definition) is 4. The van der Waals surface area contributed by atoms with Crippen molar-refractivity contribution in [1.82, 2.24) is 15.0 Å². The third-order valence-electron chi connectivity index (χ3n) is 3.66. The van der Waals surface area contributed by atoms with Gasteiger partial charge >= 0.3 is 0 Å². The Labute approximate surface area is 149 Å². The van der Waals surface area contributed by atoms with Crippen LogP contribution in [0, 0.1) is 0 Å². The van der Waals surface area contributed by atoms with Gasteiger partial charge < -0.3 is 30.8 Å². The molecule has 136 valence electrons. The molecule has 26 heavy (non-hydrogen) atoms. The van der Waals surface area contributed by atoms with E-state index in [1.807, 2.05) is 0 Å². The lowest BCUT2D eigenvalue weighted by Gasteiger charge is -2.13. The van der Waals surface area contributed by atoms with Crippen LogP contribution in [-0.2, 0) is 0 Å². The van der Waals surface area contributed by atoms with Crippen LogP contribution in [0.4, 0.5) is 17.5 Å². The Morgan fingerprint density at radius 2 is 1.88 bits per heavy atom. The van der Waals surface area contributed by atoms with Gasteiger partial charge in [0.05, 0.1) is 19.7 Å². The van der Waals surface area contributed by atoms with Gasteiger partial charge in [-0.1, -0.05) is 0 Å². The molecule has 0 unspecified atom stereocenters. The molecule has 0 saturated carbocycles. The van der Waals surface area contributed by atoms with E-state index in [9.17, 15) is 4.79 Å². The standard InChI is InChI=1S/C17H20N6O3/c1-25-11-7-10(8-12(9-11)26-2)21-15-14-13(3-5-19-16(14)24)22-17(23-15)20-6-4-18/h3,5,7-9H,4,6,18H2,1-2H3,(H,19,24)(H2,20,21,22,23). The van der Waals surface area contributed by atoms with Crippen molar-refractivity contribution in [1.29, 1.82) is 0 Å². The van der Waals surface area contributed by atoms with Gasteiger partial charge in [0, 0.05) is 43.2 Å². The number of methoxy groups -OCH3 is 2. The van der Waals surface area contributed by atoms with Gasteiger partial charge in [-0.25, -0.2) is 4.98 Å². The van der Waals surface area contributed by atoms with Crippen molar-refractivity contribution >= 4 is 28.4 Å².